The number of likely N-dealkylation sites (N-methyl/N-ethyl adjacent to an activating group) is 1. The molecule has 0 aliphatic heterocycles. The Morgan fingerprint density at radius 1 is 1.32 bits per heavy atom. The minimum absolute atomic E-state index is 0.0580. The van der Waals surface area contributed by atoms with Crippen LogP contribution in [0.15, 0.2) is 36.7 Å². The van der Waals surface area contributed by atoms with Gasteiger partial charge in [0.2, 0.25) is 5.91 Å². The van der Waals surface area contributed by atoms with Gasteiger partial charge in [0.15, 0.2) is 0 Å². The number of methoxy groups -OCH3 is 1. The smallest absolute Gasteiger partial charge is 0.228 e. The van der Waals surface area contributed by atoms with Crippen LogP contribution < -0.4 is 10.1 Å². The summed E-state index contributed by atoms with van der Waals surface area (Å²) in [7, 11) is 5.65. The van der Waals surface area contributed by atoms with E-state index >= 15 is 0 Å². The Morgan fingerprint density at radius 3 is 2.68 bits per heavy atom. The predicted molar refractivity (Wildman–Crippen MR) is 86.1 cm³/mol. The van der Waals surface area contributed by atoms with Crippen LogP contribution >= 0.6 is 0 Å². The van der Waals surface area contributed by atoms with E-state index in [2.05, 4.69) is 15.3 Å². The molecule has 0 spiro atoms. The zero-order valence-electron chi connectivity index (χ0n) is 13.2. The fourth-order valence-electron chi connectivity index (χ4n) is 1.99. The van der Waals surface area contributed by atoms with Gasteiger partial charge in [0.1, 0.15) is 5.75 Å². The molecule has 0 saturated carbocycles. The molecule has 1 N–H and O–H groups in total. The number of rotatable bonds is 7. The van der Waals surface area contributed by atoms with Gasteiger partial charge in [0, 0.05) is 12.7 Å². The summed E-state index contributed by atoms with van der Waals surface area (Å²) in [5.74, 6) is 0.726. The van der Waals surface area contributed by atoms with Crippen LogP contribution in [0.3, 0.4) is 0 Å². The van der Waals surface area contributed by atoms with E-state index in [9.17, 15) is 4.79 Å². The second-order valence-electron chi connectivity index (χ2n) is 5.37. The summed E-state index contributed by atoms with van der Waals surface area (Å²) in [6.07, 6.45) is 3.84. The molecule has 6 heteroatoms. The summed E-state index contributed by atoms with van der Waals surface area (Å²) >= 11 is 0. The SMILES string of the molecule is COc1ccc(CC(=O)Nc2cnn(CCN(C)C)c2)cc1. The number of amides is 1. The van der Waals surface area contributed by atoms with E-state index in [-0.39, 0.29) is 5.91 Å². The zero-order valence-corrected chi connectivity index (χ0v) is 13.2. The molecule has 0 atom stereocenters. The summed E-state index contributed by atoms with van der Waals surface area (Å²) < 4.78 is 6.92. The normalized spacial score (nSPS) is 10.7. The molecule has 2 rings (SSSR count). The Balaban J connectivity index is 1.86. The van der Waals surface area contributed by atoms with E-state index in [1.165, 1.54) is 0 Å². The average Bonchev–Trinajstić information content (AvgIpc) is 2.93. The predicted octanol–water partition coefficient (Wildman–Crippen LogP) is 1.63. The largest absolute Gasteiger partial charge is 0.497 e. The van der Waals surface area contributed by atoms with Crippen molar-refractivity contribution in [3.8, 4) is 5.75 Å². The van der Waals surface area contributed by atoms with Crippen LogP contribution in [0, 0.1) is 0 Å². The van der Waals surface area contributed by atoms with Gasteiger partial charge in [-0.1, -0.05) is 12.1 Å². The molecule has 1 amide bonds. The maximum atomic E-state index is 12.0. The summed E-state index contributed by atoms with van der Waals surface area (Å²) in [5.41, 5.74) is 1.66. The van der Waals surface area contributed by atoms with Crippen molar-refractivity contribution < 1.29 is 9.53 Å². The lowest BCUT2D eigenvalue weighted by molar-refractivity contribution is -0.115. The van der Waals surface area contributed by atoms with E-state index in [1.807, 2.05) is 49.2 Å². The number of hydrogen-bond acceptors (Lipinski definition) is 4. The van der Waals surface area contributed by atoms with Crippen LogP contribution in [0.5, 0.6) is 5.75 Å². The fourth-order valence-corrected chi connectivity index (χ4v) is 1.99. The number of nitrogens with one attached hydrogen (secondary N) is 1. The van der Waals surface area contributed by atoms with Gasteiger partial charge in [-0.05, 0) is 31.8 Å². The maximum absolute atomic E-state index is 12.0. The molecule has 118 valence electrons. The van der Waals surface area contributed by atoms with E-state index in [4.69, 9.17) is 4.74 Å². The standard InChI is InChI=1S/C16H22N4O2/c1-19(2)8-9-20-12-14(11-17-20)18-16(21)10-13-4-6-15(22-3)7-5-13/h4-7,11-12H,8-10H2,1-3H3,(H,18,21). The Hall–Kier alpha value is -2.34. The Morgan fingerprint density at radius 2 is 2.05 bits per heavy atom. The van der Waals surface area contributed by atoms with Gasteiger partial charge in [-0.3, -0.25) is 9.48 Å². The number of nitrogens with zero attached hydrogens (tertiary/aromatic N) is 3. The third kappa shape index (κ3) is 4.89. The highest BCUT2D eigenvalue weighted by atomic mass is 16.5. The van der Waals surface area contributed by atoms with Crippen molar-refractivity contribution in [1.29, 1.82) is 0 Å². The average molecular weight is 302 g/mol. The molecule has 0 aliphatic carbocycles. The van der Waals surface area contributed by atoms with Crippen molar-refractivity contribution in [2.75, 3.05) is 33.1 Å². The van der Waals surface area contributed by atoms with Gasteiger partial charge >= 0.3 is 0 Å². The lowest BCUT2D eigenvalue weighted by atomic mass is 10.1. The van der Waals surface area contributed by atoms with Crippen LogP contribution in [-0.2, 0) is 17.8 Å². The molecule has 22 heavy (non-hydrogen) atoms. The highest BCUT2D eigenvalue weighted by Crippen LogP contribution is 2.12. The second-order valence-corrected chi connectivity index (χ2v) is 5.37. The molecule has 1 aromatic heterocycles. The highest BCUT2D eigenvalue weighted by Gasteiger charge is 2.06. The van der Waals surface area contributed by atoms with E-state index in [1.54, 1.807) is 13.3 Å². The third-order valence-electron chi connectivity index (χ3n) is 3.22. The molecule has 0 bridgehead atoms. The highest BCUT2D eigenvalue weighted by molar-refractivity contribution is 5.91. The lowest BCUT2D eigenvalue weighted by Crippen LogP contribution is -2.18. The van der Waals surface area contributed by atoms with Crippen LogP contribution in [0.4, 0.5) is 5.69 Å². The van der Waals surface area contributed by atoms with Crippen LogP contribution in [0.2, 0.25) is 0 Å². The van der Waals surface area contributed by atoms with Gasteiger partial charge in [-0.25, -0.2) is 0 Å². The fraction of sp³-hybridized carbons (Fsp3) is 0.375. The topological polar surface area (TPSA) is 59.4 Å². The van der Waals surface area contributed by atoms with E-state index < -0.39 is 0 Å². The Kier molecular flexibility index (Phi) is 5.55. The van der Waals surface area contributed by atoms with Crippen molar-refractivity contribution >= 4 is 11.6 Å². The van der Waals surface area contributed by atoms with E-state index in [0.29, 0.717) is 6.42 Å². The Bertz CT molecular complexity index is 605. The summed E-state index contributed by atoms with van der Waals surface area (Å²) in [6, 6.07) is 7.47. The molecule has 0 aliphatic rings. The molecule has 2 aromatic rings. The van der Waals surface area contributed by atoms with Gasteiger partial charge in [0.05, 0.1) is 32.0 Å². The first-order valence-electron chi connectivity index (χ1n) is 7.17. The number of hydrogen-bond donors (Lipinski definition) is 1. The lowest BCUT2D eigenvalue weighted by Gasteiger charge is -2.08. The third-order valence-corrected chi connectivity index (χ3v) is 3.22. The first-order valence-corrected chi connectivity index (χ1v) is 7.17. The maximum Gasteiger partial charge on any atom is 0.228 e. The van der Waals surface area contributed by atoms with Crippen molar-refractivity contribution in [1.82, 2.24) is 14.7 Å². The van der Waals surface area contributed by atoms with Gasteiger partial charge in [0.25, 0.3) is 0 Å². The van der Waals surface area contributed by atoms with Gasteiger partial charge in [-0.15, -0.1) is 0 Å². The number of anilines is 1. The van der Waals surface area contributed by atoms with Gasteiger partial charge in [-0.2, -0.15) is 5.10 Å². The summed E-state index contributed by atoms with van der Waals surface area (Å²) in [5, 5.41) is 7.09. The molecule has 0 radical (unpaired) electrons. The summed E-state index contributed by atoms with van der Waals surface area (Å²) in [4.78, 5) is 14.1. The Labute approximate surface area is 130 Å². The first kappa shape index (κ1) is 16.0. The van der Waals surface area contributed by atoms with Crippen molar-refractivity contribution in [2.45, 2.75) is 13.0 Å². The number of carbonyl (C=O) groups excluding carboxylic acids is 1. The van der Waals surface area contributed by atoms with E-state index in [0.717, 1.165) is 30.1 Å². The molecule has 1 heterocycles. The van der Waals surface area contributed by atoms with Crippen molar-refractivity contribution in [3.05, 3.63) is 42.2 Å². The second kappa shape index (κ2) is 7.61. The first-order chi connectivity index (χ1) is 10.6. The molecule has 0 unspecified atom stereocenters. The van der Waals surface area contributed by atoms with Crippen LogP contribution in [0.25, 0.3) is 0 Å². The molecular formula is C16H22N4O2. The van der Waals surface area contributed by atoms with Gasteiger partial charge < -0.3 is 15.0 Å². The minimum atomic E-state index is -0.0580. The molecule has 1 aromatic carbocycles. The van der Waals surface area contributed by atoms with Crippen molar-refractivity contribution in [2.24, 2.45) is 0 Å². The monoisotopic (exact) mass is 302 g/mol. The number of aromatic nitrogens is 2. The molecular weight excluding hydrogens is 280 g/mol. The quantitative estimate of drug-likeness (QED) is 0.844. The number of carbonyl (C=O) groups is 1. The van der Waals surface area contributed by atoms with Crippen LogP contribution in [-0.4, -0.2) is 48.3 Å². The number of ether oxygens (including phenoxy) is 1. The molecule has 6 nitrogen and oxygen atoms in total. The molecule has 0 fully saturated rings. The minimum Gasteiger partial charge on any atom is -0.497 e. The number of benzene rings is 1. The summed E-state index contributed by atoms with van der Waals surface area (Å²) in [6.45, 7) is 1.70. The van der Waals surface area contributed by atoms with Crippen LogP contribution in [0.1, 0.15) is 5.56 Å². The molecule has 0 saturated heterocycles. The van der Waals surface area contributed by atoms with Crippen molar-refractivity contribution in [3.63, 3.8) is 0 Å². The zero-order chi connectivity index (χ0) is 15.9.